The zero-order valence-corrected chi connectivity index (χ0v) is 7.51. The Balaban J connectivity index is 2.14. The van der Waals surface area contributed by atoms with Crippen LogP contribution in [0.4, 0.5) is 0 Å². The molecule has 0 saturated heterocycles. The van der Waals surface area contributed by atoms with Crippen LogP contribution < -0.4 is 0 Å². The van der Waals surface area contributed by atoms with Gasteiger partial charge in [0.2, 0.25) is 0 Å². The van der Waals surface area contributed by atoms with E-state index in [1.165, 1.54) is 0 Å². The van der Waals surface area contributed by atoms with Crippen molar-refractivity contribution in [1.29, 1.82) is 0 Å². The van der Waals surface area contributed by atoms with Gasteiger partial charge < -0.3 is 9.26 Å². The summed E-state index contributed by atoms with van der Waals surface area (Å²) < 4.78 is 10.3. The molecule has 70 valence electrons. The molecule has 0 spiro atoms. The second-order valence-corrected chi connectivity index (χ2v) is 3.37. The Morgan fingerprint density at radius 2 is 2.36 bits per heavy atom. The molecular weight excluding hydrogens is 178 g/mol. The molecule has 1 aromatic rings. The smallest absolute Gasteiger partial charge is 0.133 e. The summed E-state index contributed by atoms with van der Waals surface area (Å²) in [4.78, 5) is 0. The van der Waals surface area contributed by atoms with Gasteiger partial charge >= 0.3 is 0 Å². The van der Waals surface area contributed by atoms with Crippen molar-refractivity contribution in [3.05, 3.63) is 53.7 Å². The Hall–Kier alpha value is -1.77. The zero-order chi connectivity index (χ0) is 9.38. The summed E-state index contributed by atoms with van der Waals surface area (Å²) in [5.74, 6) is 0.240. The van der Waals surface area contributed by atoms with Gasteiger partial charge in [-0.25, -0.2) is 0 Å². The molecule has 0 radical (unpaired) electrons. The highest BCUT2D eigenvalue weighted by Crippen LogP contribution is 2.33. The molecule has 2 aliphatic rings. The van der Waals surface area contributed by atoms with Crippen LogP contribution in [0.15, 0.2) is 46.9 Å². The lowest BCUT2D eigenvalue weighted by molar-refractivity contribution is 0.225. The lowest BCUT2D eigenvalue weighted by atomic mass is 9.89. The molecule has 0 amide bonds. The Morgan fingerprint density at radius 3 is 3.36 bits per heavy atom. The van der Waals surface area contributed by atoms with Crippen molar-refractivity contribution in [2.45, 2.75) is 12.5 Å². The summed E-state index contributed by atoms with van der Waals surface area (Å²) in [6, 6.07) is 0. The Bertz CT molecular complexity index is 440. The number of rotatable bonds is 0. The number of hydrogen-bond donors (Lipinski definition) is 0. The molecule has 0 aromatic carbocycles. The van der Waals surface area contributed by atoms with Crippen LogP contribution in [0.1, 0.15) is 17.2 Å². The SMILES string of the molecule is C1=CC2=COCc3nocc3C2C=C1. The van der Waals surface area contributed by atoms with Crippen LogP contribution in [0.5, 0.6) is 0 Å². The van der Waals surface area contributed by atoms with Crippen molar-refractivity contribution in [2.75, 3.05) is 0 Å². The highest BCUT2D eigenvalue weighted by Gasteiger charge is 2.23. The third-order valence-electron chi connectivity index (χ3n) is 2.51. The first-order valence-corrected chi connectivity index (χ1v) is 4.55. The van der Waals surface area contributed by atoms with Gasteiger partial charge in [0.05, 0.1) is 6.26 Å². The molecule has 1 aromatic heterocycles. The van der Waals surface area contributed by atoms with Gasteiger partial charge in [-0.2, -0.15) is 0 Å². The molecule has 1 unspecified atom stereocenters. The molecule has 3 nitrogen and oxygen atoms in total. The minimum absolute atomic E-state index is 0.240. The molecule has 3 rings (SSSR count). The first-order valence-electron chi connectivity index (χ1n) is 4.55. The van der Waals surface area contributed by atoms with Crippen LogP contribution >= 0.6 is 0 Å². The van der Waals surface area contributed by atoms with Gasteiger partial charge in [0.1, 0.15) is 18.6 Å². The molecule has 0 saturated carbocycles. The van der Waals surface area contributed by atoms with Crippen LogP contribution in [-0.4, -0.2) is 5.16 Å². The number of allylic oxidation sites excluding steroid dienone is 5. The van der Waals surface area contributed by atoms with Crippen molar-refractivity contribution < 1.29 is 9.26 Å². The molecule has 3 heteroatoms. The minimum Gasteiger partial charge on any atom is -0.494 e. The molecule has 0 fully saturated rings. The minimum atomic E-state index is 0.240. The third kappa shape index (κ3) is 1.02. The van der Waals surface area contributed by atoms with Crippen LogP contribution in [0.2, 0.25) is 0 Å². The average molecular weight is 187 g/mol. The van der Waals surface area contributed by atoms with Crippen LogP contribution in [-0.2, 0) is 11.3 Å². The van der Waals surface area contributed by atoms with Crippen molar-refractivity contribution in [3.8, 4) is 0 Å². The first kappa shape index (κ1) is 7.62. The summed E-state index contributed by atoms with van der Waals surface area (Å²) in [5, 5.41) is 3.92. The quantitative estimate of drug-likeness (QED) is 0.625. The first-order chi connectivity index (χ1) is 6.95. The van der Waals surface area contributed by atoms with E-state index >= 15 is 0 Å². The predicted octanol–water partition coefficient (Wildman–Crippen LogP) is 2.30. The van der Waals surface area contributed by atoms with Gasteiger partial charge in [-0.3, -0.25) is 0 Å². The monoisotopic (exact) mass is 187 g/mol. The van der Waals surface area contributed by atoms with Gasteiger partial charge in [-0.05, 0) is 5.57 Å². The lowest BCUT2D eigenvalue weighted by Crippen LogP contribution is -1.99. The number of nitrogens with zero attached hydrogens (tertiary/aromatic N) is 1. The van der Waals surface area contributed by atoms with Crippen molar-refractivity contribution in [3.63, 3.8) is 0 Å². The van der Waals surface area contributed by atoms with E-state index in [0.717, 1.165) is 16.8 Å². The molecule has 0 N–H and O–H groups in total. The molecule has 2 heterocycles. The van der Waals surface area contributed by atoms with Crippen molar-refractivity contribution in [2.24, 2.45) is 0 Å². The van der Waals surface area contributed by atoms with Gasteiger partial charge in [-0.15, -0.1) is 0 Å². The number of fused-ring (bicyclic) bond motifs is 3. The van der Waals surface area contributed by atoms with Gasteiger partial charge in [0.25, 0.3) is 0 Å². The second-order valence-electron chi connectivity index (χ2n) is 3.37. The van der Waals surface area contributed by atoms with E-state index in [2.05, 4.69) is 11.2 Å². The van der Waals surface area contributed by atoms with E-state index in [0.29, 0.717) is 6.61 Å². The number of aromatic nitrogens is 1. The normalized spacial score (nSPS) is 23.1. The van der Waals surface area contributed by atoms with E-state index in [1.54, 1.807) is 12.5 Å². The van der Waals surface area contributed by atoms with Gasteiger partial charge in [0.15, 0.2) is 0 Å². The second kappa shape index (κ2) is 2.87. The Labute approximate surface area is 81.3 Å². The molecule has 1 atom stereocenters. The van der Waals surface area contributed by atoms with Crippen LogP contribution in [0, 0.1) is 0 Å². The summed E-state index contributed by atoms with van der Waals surface area (Å²) in [7, 11) is 0. The standard InChI is InChI=1S/C11H9NO2/c1-2-4-9-8(3-1)5-13-7-11-10(9)6-14-12-11/h1-6,9H,7H2. The van der Waals surface area contributed by atoms with E-state index in [1.807, 2.05) is 18.2 Å². The molecule has 14 heavy (non-hydrogen) atoms. The van der Waals surface area contributed by atoms with E-state index in [-0.39, 0.29) is 5.92 Å². The maximum absolute atomic E-state index is 5.38. The highest BCUT2D eigenvalue weighted by atomic mass is 16.5. The fraction of sp³-hybridized carbons (Fsp3) is 0.182. The Morgan fingerprint density at radius 1 is 1.36 bits per heavy atom. The largest absolute Gasteiger partial charge is 0.494 e. The number of ether oxygens (including phenoxy) is 1. The van der Waals surface area contributed by atoms with Gasteiger partial charge in [0, 0.05) is 11.5 Å². The maximum Gasteiger partial charge on any atom is 0.133 e. The fourth-order valence-electron chi connectivity index (χ4n) is 1.80. The van der Waals surface area contributed by atoms with Crippen molar-refractivity contribution in [1.82, 2.24) is 5.16 Å². The zero-order valence-electron chi connectivity index (χ0n) is 7.51. The highest BCUT2D eigenvalue weighted by molar-refractivity contribution is 5.44. The molecule has 1 aliphatic heterocycles. The third-order valence-corrected chi connectivity index (χ3v) is 2.51. The summed E-state index contributed by atoms with van der Waals surface area (Å²) in [6.07, 6.45) is 11.7. The summed E-state index contributed by atoms with van der Waals surface area (Å²) >= 11 is 0. The Kier molecular flexibility index (Phi) is 1.56. The van der Waals surface area contributed by atoms with Crippen molar-refractivity contribution >= 4 is 0 Å². The van der Waals surface area contributed by atoms with Crippen LogP contribution in [0.25, 0.3) is 0 Å². The van der Waals surface area contributed by atoms with Gasteiger partial charge in [-0.1, -0.05) is 29.5 Å². The fourth-order valence-corrected chi connectivity index (χ4v) is 1.80. The predicted molar refractivity (Wildman–Crippen MR) is 50.4 cm³/mol. The molecule has 0 bridgehead atoms. The van der Waals surface area contributed by atoms with E-state index in [4.69, 9.17) is 9.26 Å². The van der Waals surface area contributed by atoms with E-state index < -0.39 is 0 Å². The topological polar surface area (TPSA) is 35.3 Å². The average Bonchev–Trinajstić information content (AvgIpc) is 2.61. The summed E-state index contributed by atoms with van der Waals surface area (Å²) in [6.45, 7) is 0.494. The number of hydrogen-bond acceptors (Lipinski definition) is 3. The lowest BCUT2D eigenvalue weighted by Gasteiger charge is -2.12. The van der Waals surface area contributed by atoms with Crippen LogP contribution in [0.3, 0.4) is 0 Å². The van der Waals surface area contributed by atoms with E-state index in [9.17, 15) is 0 Å². The maximum atomic E-state index is 5.38. The summed E-state index contributed by atoms with van der Waals surface area (Å²) in [5.41, 5.74) is 3.14. The molecule has 1 aliphatic carbocycles. The molecular formula is C11H9NO2.